The predicted octanol–water partition coefficient (Wildman–Crippen LogP) is 2.22. The van der Waals surface area contributed by atoms with Gasteiger partial charge < -0.3 is 10.1 Å². The number of halogens is 3. The fraction of sp³-hybridized carbons (Fsp3) is 0.571. The summed E-state index contributed by atoms with van der Waals surface area (Å²) in [5.41, 5.74) is 0. The molecule has 0 atom stereocenters. The van der Waals surface area contributed by atoms with Gasteiger partial charge in [0.2, 0.25) is 0 Å². The van der Waals surface area contributed by atoms with Crippen LogP contribution in [0.25, 0.3) is 0 Å². The van der Waals surface area contributed by atoms with Crippen LogP contribution in [-0.4, -0.2) is 25.2 Å². The quantitative estimate of drug-likeness (QED) is 0.799. The van der Waals surface area contributed by atoms with E-state index in [0.717, 1.165) is 6.20 Å². The maximum Gasteiger partial charge on any atom is 0.427 e. The molecule has 1 N–H and O–H groups in total. The summed E-state index contributed by atoms with van der Waals surface area (Å²) in [5, 5.41) is 2.98. The van der Waals surface area contributed by atoms with Gasteiger partial charge in [-0.15, -0.1) is 0 Å². The Hall–Kier alpha value is -0.820. The van der Waals surface area contributed by atoms with Gasteiger partial charge in [-0.1, -0.05) is 11.3 Å². The molecule has 1 rings (SSSR count). The van der Waals surface area contributed by atoms with E-state index in [2.05, 4.69) is 10.3 Å². The molecule has 0 spiro atoms. The lowest BCUT2D eigenvalue weighted by atomic mass is 10.5. The number of rotatable bonds is 4. The lowest BCUT2D eigenvalue weighted by molar-refractivity contribution is -0.134. The van der Waals surface area contributed by atoms with E-state index < -0.39 is 11.1 Å². The molecule has 1 aromatic rings. The summed E-state index contributed by atoms with van der Waals surface area (Å²) in [6.45, 7) is 0.877. The number of anilines is 1. The molecule has 7 heteroatoms. The van der Waals surface area contributed by atoms with Gasteiger partial charge in [0.15, 0.2) is 5.13 Å². The highest BCUT2D eigenvalue weighted by Crippen LogP contribution is 2.34. The van der Waals surface area contributed by atoms with Crippen LogP contribution in [-0.2, 0) is 10.9 Å². The van der Waals surface area contributed by atoms with E-state index in [9.17, 15) is 13.2 Å². The van der Waals surface area contributed by atoms with E-state index >= 15 is 0 Å². The highest BCUT2D eigenvalue weighted by Gasteiger charge is 2.33. The molecule has 80 valence electrons. The van der Waals surface area contributed by atoms with Gasteiger partial charge >= 0.3 is 6.18 Å². The molecule has 0 aliphatic rings. The number of aromatic nitrogens is 1. The summed E-state index contributed by atoms with van der Waals surface area (Å²) in [6.07, 6.45) is -3.49. The van der Waals surface area contributed by atoms with E-state index in [4.69, 9.17) is 4.74 Å². The van der Waals surface area contributed by atoms with Crippen molar-refractivity contribution in [2.45, 2.75) is 6.18 Å². The monoisotopic (exact) mass is 226 g/mol. The minimum Gasteiger partial charge on any atom is -0.383 e. The zero-order valence-electron chi connectivity index (χ0n) is 7.39. The minimum atomic E-state index is -4.31. The summed E-state index contributed by atoms with van der Waals surface area (Å²) in [4.78, 5) is 2.89. The normalized spacial score (nSPS) is 11.7. The lowest BCUT2D eigenvalue weighted by Crippen LogP contribution is -2.06. The number of ether oxygens (including phenoxy) is 1. The molecular weight excluding hydrogens is 217 g/mol. The van der Waals surface area contributed by atoms with E-state index in [1.165, 1.54) is 7.11 Å². The standard InChI is InChI=1S/C7H9F3N2OS/c1-13-3-2-11-6-12-4-5(14-6)7(8,9)10/h4H,2-3H2,1H3,(H,11,12). The van der Waals surface area contributed by atoms with Gasteiger partial charge in [-0.05, 0) is 0 Å². The van der Waals surface area contributed by atoms with Gasteiger partial charge in [0.1, 0.15) is 4.88 Å². The van der Waals surface area contributed by atoms with Crippen LogP contribution in [0.3, 0.4) is 0 Å². The van der Waals surface area contributed by atoms with E-state index in [-0.39, 0.29) is 5.13 Å². The summed E-state index contributed by atoms with van der Waals surface area (Å²) >= 11 is 0.587. The Bertz CT molecular complexity index is 287. The molecule has 0 radical (unpaired) electrons. The summed E-state index contributed by atoms with van der Waals surface area (Å²) in [7, 11) is 1.52. The Labute approximate surface area is 82.9 Å². The third kappa shape index (κ3) is 3.15. The smallest absolute Gasteiger partial charge is 0.383 e. The van der Waals surface area contributed by atoms with E-state index in [0.29, 0.717) is 24.5 Å². The number of thiazole rings is 1. The third-order valence-electron chi connectivity index (χ3n) is 1.37. The van der Waals surface area contributed by atoms with Crippen molar-refractivity contribution in [3.8, 4) is 0 Å². The van der Waals surface area contributed by atoms with Gasteiger partial charge in [-0.3, -0.25) is 0 Å². The molecule has 0 fully saturated rings. The van der Waals surface area contributed by atoms with E-state index in [1.807, 2.05) is 0 Å². The highest BCUT2D eigenvalue weighted by molar-refractivity contribution is 7.15. The Morgan fingerprint density at radius 1 is 1.57 bits per heavy atom. The Morgan fingerprint density at radius 2 is 2.29 bits per heavy atom. The first kappa shape index (κ1) is 11.3. The van der Waals surface area contributed by atoms with Crippen LogP contribution < -0.4 is 5.32 Å². The van der Waals surface area contributed by atoms with Crippen molar-refractivity contribution >= 4 is 16.5 Å². The molecular formula is C7H9F3N2OS. The average Bonchev–Trinajstić information content (AvgIpc) is 2.52. The van der Waals surface area contributed by atoms with Crippen LogP contribution in [0, 0.1) is 0 Å². The molecule has 0 bridgehead atoms. The van der Waals surface area contributed by atoms with Crippen molar-refractivity contribution in [1.82, 2.24) is 4.98 Å². The fourth-order valence-electron chi connectivity index (χ4n) is 0.747. The SMILES string of the molecule is COCCNc1ncc(C(F)(F)F)s1. The lowest BCUT2D eigenvalue weighted by Gasteiger charge is -2.01. The summed E-state index contributed by atoms with van der Waals surface area (Å²) in [5.74, 6) is 0. The second kappa shape index (κ2) is 4.61. The number of methoxy groups -OCH3 is 1. The second-order valence-corrected chi connectivity index (χ2v) is 3.48. The minimum absolute atomic E-state index is 0.259. The largest absolute Gasteiger partial charge is 0.427 e. The number of nitrogens with one attached hydrogen (secondary N) is 1. The van der Waals surface area contributed by atoms with Crippen molar-refractivity contribution in [2.24, 2.45) is 0 Å². The van der Waals surface area contributed by atoms with Gasteiger partial charge in [-0.2, -0.15) is 13.2 Å². The van der Waals surface area contributed by atoms with Crippen LogP contribution in [0.1, 0.15) is 4.88 Å². The zero-order chi connectivity index (χ0) is 10.6. The van der Waals surface area contributed by atoms with Crippen LogP contribution >= 0.6 is 11.3 Å². The van der Waals surface area contributed by atoms with Gasteiger partial charge in [-0.25, -0.2) is 4.98 Å². The van der Waals surface area contributed by atoms with Crippen LogP contribution in [0.5, 0.6) is 0 Å². The molecule has 0 saturated heterocycles. The Balaban J connectivity index is 2.51. The van der Waals surface area contributed by atoms with Crippen molar-refractivity contribution < 1.29 is 17.9 Å². The Kier molecular flexibility index (Phi) is 3.70. The molecule has 1 heterocycles. The Morgan fingerprint density at radius 3 is 2.79 bits per heavy atom. The van der Waals surface area contributed by atoms with Crippen molar-refractivity contribution in [3.63, 3.8) is 0 Å². The molecule has 0 aliphatic heterocycles. The van der Waals surface area contributed by atoms with Crippen LogP contribution in [0.2, 0.25) is 0 Å². The first-order valence-corrected chi connectivity index (χ1v) is 4.61. The summed E-state index contributed by atoms with van der Waals surface area (Å²) in [6, 6.07) is 0. The van der Waals surface area contributed by atoms with Crippen molar-refractivity contribution in [2.75, 3.05) is 25.6 Å². The van der Waals surface area contributed by atoms with Gasteiger partial charge in [0, 0.05) is 13.7 Å². The number of hydrogen-bond donors (Lipinski definition) is 1. The predicted molar refractivity (Wildman–Crippen MR) is 47.5 cm³/mol. The maximum absolute atomic E-state index is 12.1. The second-order valence-electron chi connectivity index (χ2n) is 2.45. The molecule has 0 amide bonds. The first-order chi connectivity index (χ1) is 6.54. The van der Waals surface area contributed by atoms with Crippen molar-refractivity contribution in [1.29, 1.82) is 0 Å². The van der Waals surface area contributed by atoms with Crippen LogP contribution in [0.4, 0.5) is 18.3 Å². The van der Waals surface area contributed by atoms with Gasteiger partial charge in [0.05, 0.1) is 12.8 Å². The zero-order valence-corrected chi connectivity index (χ0v) is 8.21. The number of alkyl halides is 3. The van der Waals surface area contributed by atoms with Crippen molar-refractivity contribution in [3.05, 3.63) is 11.1 Å². The number of hydrogen-bond acceptors (Lipinski definition) is 4. The molecule has 0 saturated carbocycles. The molecule has 3 nitrogen and oxygen atoms in total. The highest BCUT2D eigenvalue weighted by atomic mass is 32.1. The maximum atomic E-state index is 12.1. The molecule has 0 aliphatic carbocycles. The molecule has 1 aromatic heterocycles. The molecule has 0 unspecified atom stereocenters. The fourth-order valence-corrected chi connectivity index (χ4v) is 1.46. The first-order valence-electron chi connectivity index (χ1n) is 3.80. The number of nitrogens with zero attached hydrogens (tertiary/aromatic N) is 1. The van der Waals surface area contributed by atoms with Gasteiger partial charge in [0.25, 0.3) is 0 Å². The summed E-state index contributed by atoms with van der Waals surface area (Å²) < 4.78 is 41.1. The van der Waals surface area contributed by atoms with Crippen LogP contribution in [0.15, 0.2) is 6.20 Å². The average molecular weight is 226 g/mol. The third-order valence-corrected chi connectivity index (χ3v) is 2.37. The van der Waals surface area contributed by atoms with E-state index in [1.54, 1.807) is 0 Å². The topological polar surface area (TPSA) is 34.1 Å². The molecule has 14 heavy (non-hydrogen) atoms. The molecule has 0 aromatic carbocycles.